The largest absolute Gasteiger partial charge is 0.323 e. The van der Waals surface area contributed by atoms with E-state index in [1.165, 1.54) is 29.8 Å². The van der Waals surface area contributed by atoms with Crippen LogP contribution in [0, 0.1) is 5.82 Å². The molecule has 2 aromatic rings. The molecule has 0 bridgehead atoms. The van der Waals surface area contributed by atoms with Crippen LogP contribution in [0.2, 0.25) is 5.02 Å². The van der Waals surface area contributed by atoms with Crippen LogP contribution >= 0.6 is 11.6 Å². The molecule has 0 aliphatic rings. The number of hydrogen-bond acceptors (Lipinski definition) is 1. The van der Waals surface area contributed by atoms with E-state index in [1.807, 2.05) is 24.3 Å². The van der Waals surface area contributed by atoms with Gasteiger partial charge in [0.2, 0.25) is 5.91 Å². The Morgan fingerprint density at radius 1 is 1.26 bits per heavy atom. The van der Waals surface area contributed by atoms with Gasteiger partial charge in [0.15, 0.2) is 0 Å². The van der Waals surface area contributed by atoms with Crippen molar-refractivity contribution in [1.82, 2.24) is 0 Å². The minimum absolute atomic E-state index is 0.205. The van der Waals surface area contributed by atoms with Crippen LogP contribution in [-0.2, 0) is 4.79 Å². The zero-order valence-electron chi connectivity index (χ0n) is 13.1. The molecule has 2 aromatic carbocycles. The van der Waals surface area contributed by atoms with Crippen LogP contribution in [0.25, 0.3) is 6.08 Å². The van der Waals surface area contributed by atoms with Crippen LogP contribution in [0.1, 0.15) is 37.3 Å². The Balaban J connectivity index is 2.03. The second-order valence-corrected chi connectivity index (χ2v) is 5.80. The van der Waals surface area contributed by atoms with Crippen molar-refractivity contribution in [2.45, 2.75) is 26.2 Å². The Labute approximate surface area is 141 Å². The molecule has 1 amide bonds. The number of benzene rings is 2. The van der Waals surface area contributed by atoms with Crippen molar-refractivity contribution in [1.29, 1.82) is 0 Å². The molecule has 0 unspecified atom stereocenters. The number of rotatable bonds is 5. The molecule has 2 nitrogen and oxygen atoms in total. The van der Waals surface area contributed by atoms with Crippen LogP contribution in [0.15, 0.2) is 48.5 Å². The summed E-state index contributed by atoms with van der Waals surface area (Å²) in [4.78, 5) is 11.9. The van der Waals surface area contributed by atoms with Gasteiger partial charge in [-0.1, -0.05) is 43.6 Å². The Bertz CT molecular complexity index is 690. The maximum atomic E-state index is 13.6. The van der Waals surface area contributed by atoms with Crippen molar-refractivity contribution in [2.75, 3.05) is 5.32 Å². The fourth-order valence-corrected chi connectivity index (χ4v) is 2.37. The van der Waals surface area contributed by atoms with Crippen molar-refractivity contribution < 1.29 is 9.18 Å². The van der Waals surface area contributed by atoms with Crippen molar-refractivity contribution in [3.05, 3.63) is 70.5 Å². The highest BCUT2D eigenvalue weighted by Crippen LogP contribution is 2.21. The Hall–Kier alpha value is -2.13. The molecule has 0 aliphatic carbocycles. The van der Waals surface area contributed by atoms with E-state index in [9.17, 15) is 9.18 Å². The summed E-state index contributed by atoms with van der Waals surface area (Å²) < 4.78 is 13.6. The summed E-state index contributed by atoms with van der Waals surface area (Å²) in [5.74, 6) is -0.303. The van der Waals surface area contributed by atoms with Crippen molar-refractivity contribution in [3.63, 3.8) is 0 Å². The third kappa shape index (κ3) is 4.67. The smallest absolute Gasteiger partial charge is 0.248 e. The normalized spacial score (nSPS) is 12.3. The molecule has 0 saturated heterocycles. The summed E-state index contributed by atoms with van der Waals surface area (Å²) >= 11 is 5.91. The highest BCUT2D eigenvalue weighted by molar-refractivity contribution is 6.32. The first-order valence-electron chi connectivity index (χ1n) is 7.54. The lowest BCUT2D eigenvalue weighted by atomic mass is 9.99. The number of amides is 1. The summed E-state index contributed by atoms with van der Waals surface area (Å²) in [6.45, 7) is 4.30. The van der Waals surface area contributed by atoms with Gasteiger partial charge in [-0.3, -0.25) is 4.79 Å². The second-order valence-electron chi connectivity index (χ2n) is 5.39. The lowest BCUT2D eigenvalue weighted by Gasteiger charge is -2.09. The van der Waals surface area contributed by atoms with Crippen LogP contribution in [0.4, 0.5) is 10.1 Å². The summed E-state index contributed by atoms with van der Waals surface area (Å²) in [6, 6.07) is 12.1. The first-order valence-corrected chi connectivity index (χ1v) is 7.92. The van der Waals surface area contributed by atoms with Gasteiger partial charge in [-0.25, -0.2) is 4.39 Å². The molecule has 0 saturated carbocycles. The SMILES string of the molecule is CC[C@H](C)c1ccc(NC(=O)/C=C/c2c(F)cccc2Cl)cc1. The van der Waals surface area contributed by atoms with Gasteiger partial charge >= 0.3 is 0 Å². The van der Waals surface area contributed by atoms with E-state index in [0.717, 1.165) is 6.42 Å². The van der Waals surface area contributed by atoms with Gasteiger partial charge < -0.3 is 5.32 Å². The Kier molecular flexibility index (Phi) is 5.94. The predicted molar refractivity (Wildman–Crippen MR) is 94.2 cm³/mol. The third-order valence-corrected chi connectivity index (χ3v) is 4.09. The van der Waals surface area contributed by atoms with Crippen molar-refractivity contribution in [2.24, 2.45) is 0 Å². The molecule has 2 rings (SSSR count). The molecular weight excluding hydrogens is 313 g/mol. The van der Waals surface area contributed by atoms with E-state index >= 15 is 0 Å². The molecule has 0 radical (unpaired) electrons. The van der Waals surface area contributed by atoms with E-state index in [1.54, 1.807) is 6.07 Å². The van der Waals surface area contributed by atoms with Gasteiger partial charge in [-0.2, -0.15) is 0 Å². The number of hydrogen-bond donors (Lipinski definition) is 1. The fraction of sp³-hybridized carbons (Fsp3) is 0.211. The lowest BCUT2D eigenvalue weighted by Crippen LogP contribution is -2.07. The fourth-order valence-electron chi connectivity index (χ4n) is 2.14. The van der Waals surface area contributed by atoms with Gasteiger partial charge in [-0.05, 0) is 48.2 Å². The molecule has 23 heavy (non-hydrogen) atoms. The number of anilines is 1. The Morgan fingerprint density at radius 3 is 2.57 bits per heavy atom. The van der Waals surface area contributed by atoms with Crippen molar-refractivity contribution in [3.8, 4) is 0 Å². The molecule has 1 N–H and O–H groups in total. The lowest BCUT2D eigenvalue weighted by molar-refractivity contribution is -0.111. The summed E-state index contributed by atoms with van der Waals surface area (Å²) in [5.41, 5.74) is 2.14. The molecule has 0 fully saturated rings. The molecule has 1 atom stereocenters. The minimum atomic E-state index is -0.459. The summed E-state index contributed by atoms with van der Waals surface area (Å²) in [5, 5.41) is 3.01. The molecule has 0 spiro atoms. The van der Waals surface area contributed by atoms with Gasteiger partial charge in [0, 0.05) is 17.3 Å². The first kappa shape index (κ1) is 17.2. The van der Waals surface area contributed by atoms with E-state index in [4.69, 9.17) is 11.6 Å². The van der Waals surface area contributed by atoms with E-state index < -0.39 is 5.82 Å². The predicted octanol–water partition coefficient (Wildman–Crippen LogP) is 5.64. The quantitative estimate of drug-likeness (QED) is 0.705. The molecule has 0 aromatic heterocycles. The molecular formula is C19H19ClFNO. The van der Waals surface area contributed by atoms with Crippen molar-refractivity contribution >= 4 is 29.3 Å². The number of nitrogens with one attached hydrogen (secondary N) is 1. The van der Waals surface area contributed by atoms with Gasteiger partial charge in [0.1, 0.15) is 5.82 Å². The third-order valence-electron chi connectivity index (χ3n) is 3.76. The molecule has 0 aliphatic heterocycles. The minimum Gasteiger partial charge on any atom is -0.323 e. The van der Waals surface area contributed by atoms with Gasteiger partial charge in [-0.15, -0.1) is 0 Å². The maximum Gasteiger partial charge on any atom is 0.248 e. The van der Waals surface area contributed by atoms with Crippen LogP contribution in [0.3, 0.4) is 0 Å². The topological polar surface area (TPSA) is 29.1 Å². The van der Waals surface area contributed by atoms with E-state index in [-0.39, 0.29) is 16.5 Å². The van der Waals surface area contributed by atoms with E-state index in [0.29, 0.717) is 11.6 Å². The second kappa shape index (κ2) is 7.93. The highest BCUT2D eigenvalue weighted by Gasteiger charge is 2.05. The summed E-state index contributed by atoms with van der Waals surface area (Å²) in [7, 11) is 0. The average molecular weight is 332 g/mol. The number of carbonyl (C=O) groups is 1. The zero-order valence-corrected chi connectivity index (χ0v) is 13.9. The molecule has 4 heteroatoms. The maximum absolute atomic E-state index is 13.6. The van der Waals surface area contributed by atoms with Gasteiger partial charge in [0.05, 0.1) is 5.02 Å². The highest BCUT2D eigenvalue weighted by atomic mass is 35.5. The van der Waals surface area contributed by atoms with Gasteiger partial charge in [0.25, 0.3) is 0 Å². The molecule has 0 heterocycles. The standard InChI is InChI=1S/C19H19ClFNO/c1-3-13(2)14-7-9-15(10-8-14)22-19(23)12-11-16-17(20)5-4-6-18(16)21/h4-13H,3H2,1-2H3,(H,22,23)/b12-11+/t13-/m0/s1. The number of halogens is 2. The Morgan fingerprint density at radius 2 is 1.96 bits per heavy atom. The summed E-state index contributed by atoms with van der Waals surface area (Å²) in [6.07, 6.45) is 3.71. The van der Waals surface area contributed by atoms with Crippen LogP contribution < -0.4 is 5.32 Å². The molecule has 120 valence electrons. The monoisotopic (exact) mass is 331 g/mol. The number of carbonyl (C=O) groups excluding carboxylic acids is 1. The first-order chi connectivity index (χ1) is 11.0. The zero-order chi connectivity index (χ0) is 16.8. The van der Waals surface area contributed by atoms with Crippen LogP contribution in [0.5, 0.6) is 0 Å². The average Bonchev–Trinajstić information content (AvgIpc) is 2.54. The van der Waals surface area contributed by atoms with E-state index in [2.05, 4.69) is 19.2 Å². The van der Waals surface area contributed by atoms with Crippen LogP contribution in [-0.4, -0.2) is 5.91 Å².